The summed E-state index contributed by atoms with van der Waals surface area (Å²) in [6.07, 6.45) is -13.0. The van der Waals surface area contributed by atoms with Crippen molar-refractivity contribution >= 4 is 21.8 Å². The Bertz CT molecular complexity index is 1420. The van der Waals surface area contributed by atoms with Gasteiger partial charge >= 0.3 is 0 Å². The number of nitrogens with zero attached hydrogens (tertiary/aromatic N) is 1. The van der Waals surface area contributed by atoms with E-state index >= 15 is 0 Å². The number of fused-ring (bicyclic) bond motifs is 3. The van der Waals surface area contributed by atoms with E-state index in [4.69, 9.17) is 9.47 Å². The summed E-state index contributed by atoms with van der Waals surface area (Å²) in [6.45, 7) is 1.58. The largest absolute Gasteiger partial charge is 0.394 e. The van der Waals surface area contributed by atoms with Gasteiger partial charge in [0, 0.05) is 28.4 Å². The lowest BCUT2D eigenvalue weighted by Gasteiger charge is -2.37. The van der Waals surface area contributed by atoms with Gasteiger partial charge in [-0.2, -0.15) is 0 Å². The summed E-state index contributed by atoms with van der Waals surface area (Å²) < 4.78 is 13.0. The summed E-state index contributed by atoms with van der Waals surface area (Å²) in [4.78, 5) is 0. The van der Waals surface area contributed by atoms with E-state index in [1.165, 1.54) is 0 Å². The maximum Gasteiger partial charge on any atom is 0.147 e. The summed E-state index contributed by atoms with van der Waals surface area (Å²) >= 11 is 0. The van der Waals surface area contributed by atoms with E-state index in [1.807, 2.05) is 43.3 Å². The number of hydrogen-bond acceptors (Lipinski definition) is 10. The second kappa shape index (κ2) is 12.1. The van der Waals surface area contributed by atoms with Crippen LogP contribution in [-0.2, 0) is 16.0 Å². The molecular weight excluding hydrogens is 534 g/mol. The van der Waals surface area contributed by atoms with E-state index in [0.717, 1.165) is 21.8 Å². The fourth-order valence-electron chi connectivity index (χ4n) is 5.34. The monoisotopic (exact) mass is 567 g/mol. The number of aromatic nitrogens is 1. The molecule has 0 radical (unpaired) electrons. The Hall–Kier alpha value is -3.04. The van der Waals surface area contributed by atoms with Crippen LogP contribution in [0.2, 0.25) is 0 Å². The number of aliphatic hydroxyl groups is 8. The molecule has 2 aromatic carbocycles. The summed E-state index contributed by atoms with van der Waals surface area (Å²) in [6, 6.07) is 11.3. The van der Waals surface area contributed by atoms with E-state index < -0.39 is 74.3 Å². The Labute approximate surface area is 235 Å². The lowest BCUT2D eigenvalue weighted by atomic mass is 9.95. The molecule has 41 heavy (non-hydrogen) atoms. The Morgan fingerprint density at radius 3 is 1.41 bits per heavy atom. The minimum atomic E-state index is -1.50. The summed E-state index contributed by atoms with van der Waals surface area (Å²) in [5.74, 6) is 11.5. The van der Waals surface area contributed by atoms with E-state index in [9.17, 15) is 40.9 Å². The van der Waals surface area contributed by atoms with Crippen molar-refractivity contribution in [3.8, 4) is 23.7 Å². The Morgan fingerprint density at radius 2 is 1.05 bits per heavy atom. The Balaban J connectivity index is 1.45. The SMILES string of the molecule is CCn1c2cc(C#C[C@H]3O[C@H](CO)[C@@H](O)[C@H](O)[C@@H]3O)ccc2c2ccc(C#C[C@H]3O[C@H](CO)[C@@H](O)[C@H](O)[C@@H]3O)cc21. The molecule has 0 unspecified atom stereocenters. The molecule has 2 aliphatic heterocycles. The highest BCUT2D eigenvalue weighted by Gasteiger charge is 2.43. The van der Waals surface area contributed by atoms with Gasteiger partial charge in [-0.3, -0.25) is 0 Å². The molecule has 218 valence electrons. The van der Waals surface area contributed by atoms with Crippen molar-refractivity contribution in [3.05, 3.63) is 47.5 Å². The number of rotatable bonds is 3. The zero-order valence-corrected chi connectivity index (χ0v) is 22.2. The molecule has 1 aromatic heterocycles. The first-order chi connectivity index (χ1) is 19.7. The Kier molecular flexibility index (Phi) is 8.66. The molecule has 3 heterocycles. The molecule has 8 N–H and O–H groups in total. The molecule has 0 amide bonds. The lowest BCUT2D eigenvalue weighted by Crippen LogP contribution is -2.58. The van der Waals surface area contributed by atoms with Gasteiger partial charge in [0.15, 0.2) is 0 Å². The predicted octanol–water partition coefficient (Wildman–Crippen LogP) is -1.80. The van der Waals surface area contributed by atoms with Gasteiger partial charge in [-0.25, -0.2) is 0 Å². The van der Waals surface area contributed by atoms with Crippen molar-refractivity contribution in [1.29, 1.82) is 0 Å². The first-order valence-corrected chi connectivity index (χ1v) is 13.4. The average molecular weight is 568 g/mol. The molecule has 11 nitrogen and oxygen atoms in total. The molecule has 10 atom stereocenters. The van der Waals surface area contributed by atoms with Crippen LogP contribution in [0.3, 0.4) is 0 Å². The van der Waals surface area contributed by atoms with Crippen LogP contribution in [-0.4, -0.2) is 120 Å². The topological polar surface area (TPSA) is 185 Å². The molecular formula is C30H33NO10. The van der Waals surface area contributed by atoms with Gasteiger partial charge in [0.25, 0.3) is 0 Å². The van der Waals surface area contributed by atoms with E-state index in [-0.39, 0.29) is 0 Å². The van der Waals surface area contributed by atoms with Crippen molar-refractivity contribution in [3.63, 3.8) is 0 Å². The minimum Gasteiger partial charge on any atom is -0.394 e. The molecule has 0 bridgehead atoms. The van der Waals surface area contributed by atoms with Gasteiger partial charge in [0.1, 0.15) is 61.0 Å². The van der Waals surface area contributed by atoms with Crippen LogP contribution in [0.5, 0.6) is 0 Å². The second-order valence-corrected chi connectivity index (χ2v) is 10.2. The molecule has 0 aliphatic carbocycles. The third-order valence-electron chi connectivity index (χ3n) is 7.69. The highest BCUT2D eigenvalue weighted by molar-refractivity contribution is 6.08. The lowest BCUT2D eigenvalue weighted by molar-refractivity contribution is -0.214. The number of aliphatic hydroxyl groups excluding tert-OH is 8. The molecule has 5 rings (SSSR count). The van der Waals surface area contributed by atoms with Crippen LogP contribution in [0.15, 0.2) is 36.4 Å². The first kappa shape index (κ1) is 29.5. The summed E-state index contributed by atoms with van der Waals surface area (Å²) in [7, 11) is 0. The average Bonchev–Trinajstić information content (AvgIpc) is 3.30. The van der Waals surface area contributed by atoms with Crippen LogP contribution < -0.4 is 0 Å². The predicted molar refractivity (Wildman–Crippen MR) is 146 cm³/mol. The standard InChI is InChI=1S/C30H33NO10/c1-2-31-19-11-15(5-9-21-25(34)29(38)27(36)23(13-32)40-21)3-7-17(19)18-8-4-16(12-20(18)31)6-10-22-26(35)30(39)28(37)24(14-33)41-22/h3-4,7-8,11-12,21-30,32-39H,2,13-14H2,1H3/t21-,22-,23-,24-,25-,26-,27-,28-,29-,30-/m1/s1. The second-order valence-electron chi connectivity index (χ2n) is 10.2. The zero-order chi connectivity index (χ0) is 29.4. The fraction of sp³-hybridized carbons (Fsp3) is 0.467. The smallest absolute Gasteiger partial charge is 0.147 e. The van der Waals surface area contributed by atoms with E-state index in [1.54, 1.807) is 0 Å². The van der Waals surface area contributed by atoms with Crippen LogP contribution >= 0.6 is 0 Å². The number of benzene rings is 2. The van der Waals surface area contributed by atoms with E-state index in [0.29, 0.717) is 17.7 Å². The number of ether oxygens (including phenoxy) is 2. The third-order valence-corrected chi connectivity index (χ3v) is 7.69. The normalized spacial score (nSPS) is 33.7. The minimum absolute atomic E-state index is 0.527. The molecule has 2 aliphatic rings. The zero-order valence-electron chi connectivity index (χ0n) is 22.2. The van der Waals surface area contributed by atoms with Crippen LogP contribution in [0, 0.1) is 23.7 Å². The Morgan fingerprint density at radius 1 is 0.634 bits per heavy atom. The maximum absolute atomic E-state index is 10.3. The first-order valence-electron chi connectivity index (χ1n) is 13.4. The molecule has 11 heteroatoms. The number of hydrogen-bond donors (Lipinski definition) is 8. The maximum atomic E-state index is 10.3. The van der Waals surface area contributed by atoms with Crippen molar-refractivity contribution in [2.45, 2.75) is 74.5 Å². The molecule has 2 saturated heterocycles. The van der Waals surface area contributed by atoms with Gasteiger partial charge in [-0.05, 0) is 31.2 Å². The van der Waals surface area contributed by atoms with Gasteiger partial charge in [0.2, 0.25) is 0 Å². The van der Waals surface area contributed by atoms with Crippen molar-refractivity contribution in [1.82, 2.24) is 4.57 Å². The molecule has 0 saturated carbocycles. The third kappa shape index (κ3) is 5.46. The van der Waals surface area contributed by atoms with Crippen LogP contribution in [0.4, 0.5) is 0 Å². The van der Waals surface area contributed by atoms with Gasteiger partial charge in [-0.15, -0.1) is 0 Å². The van der Waals surface area contributed by atoms with E-state index in [2.05, 4.69) is 28.2 Å². The van der Waals surface area contributed by atoms with Gasteiger partial charge in [0.05, 0.1) is 24.2 Å². The van der Waals surface area contributed by atoms with Crippen LogP contribution in [0.25, 0.3) is 21.8 Å². The highest BCUT2D eigenvalue weighted by Crippen LogP contribution is 2.31. The van der Waals surface area contributed by atoms with Gasteiger partial charge < -0.3 is 54.9 Å². The highest BCUT2D eigenvalue weighted by atomic mass is 16.5. The molecule has 2 fully saturated rings. The van der Waals surface area contributed by atoms with Crippen LogP contribution in [0.1, 0.15) is 18.1 Å². The molecule has 0 spiro atoms. The van der Waals surface area contributed by atoms with Crippen molar-refractivity contribution < 1.29 is 50.3 Å². The number of aryl methyl sites for hydroxylation is 1. The van der Waals surface area contributed by atoms with Crippen molar-refractivity contribution in [2.24, 2.45) is 0 Å². The quantitative estimate of drug-likeness (QED) is 0.168. The van der Waals surface area contributed by atoms with Gasteiger partial charge in [-0.1, -0.05) is 35.8 Å². The summed E-state index contributed by atoms with van der Waals surface area (Å²) in [5, 5.41) is 81.3. The summed E-state index contributed by atoms with van der Waals surface area (Å²) in [5.41, 5.74) is 3.08. The van der Waals surface area contributed by atoms with Crippen molar-refractivity contribution in [2.75, 3.05) is 13.2 Å². The fourth-order valence-corrected chi connectivity index (χ4v) is 5.34. The molecule has 3 aromatic rings.